The number of ether oxygens (including phenoxy) is 1. The van der Waals surface area contributed by atoms with Gasteiger partial charge in [0.1, 0.15) is 12.0 Å². The molecular weight excluding hydrogens is 206 g/mol. The Labute approximate surface area is 96.9 Å². The standard InChI is InChI=1S/C12H21NO3/c1-8-7-16-11(12(3,4)5)13(8)10(15)6-9(2)14/h8,11H,6-7H2,1-5H3/t8-,11?/m1/s1. The lowest BCUT2D eigenvalue weighted by atomic mass is 9.93. The summed E-state index contributed by atoms with van der Waals surface area (Å²) in [4.78, 5) is 24.6. The molecule has 4 heteroatoms. The number of nitrogens with zero attached hydrogens (tertiary/aromatic N) is 1. The molecular formula is C12H21NO3. The summed E-state index contributed by atoms with van der Waals surface area (Å²) >= 11 is 0. The zero-order valence-corrected chi connectivity index (χ0v) is 10.7. The fourth-order valence-corrected chi connectivity index (χ4v) is 1.97. The minimum absolute atomic E-state index is 0.0275. The maximum Gasteiger partial charge on any atom is 0.232 e. The van der Waals surface area contributed by atoms with Gasteiger partial charge < -0.3 is 9.64 Å². The molecule has 92 valence electrons. The molecule has 0 bridgehead atoms. The highest BCUT2D eigenvalue weighted by atomic mass is 16.5. The first kappa shape index (κ1) is 13.2. The van der Waals surface area contributed by atoms with E-state index in [0.29, 0.717) is 6.61 Å². The van der Waals surface area contributed by atoms with E-state index in [-0.39, 0.29) is 35.8 Å². The molecule has 0 aromatic carbocycles. The van der Waals surface area contributed by atoms with E-state index in [1.807, 2.05) is 27.7 Å². The smallest absolute Gasteiger partial charge is 0.232 e. The molecule has 0 N–H and O–H groups in total. The fourth-order valence-electron chi connectivity index (χ4n) is 1.97. The van der Waals surface area contributed by atoms with Crippen LogP contribution in [0.3, 0.4) is 0 Å². The van der Waals surface area contributed by atoms with Crippen LogP contribution in [0, 0.1) is 5.41 Å². The predicted octanol–water partition coefficient (Wildman–Crippen LogP) is 1.58. The van der Waals surface area contributed by atoms with Gasteiger partial charge in [0.15, 0.2) is 0 Å². The molecule has 16 heavy (non-hydrogen) atoms. The minimum atomic E-state index is -0.227. The molecule has 0 aliphatic carbocycles. The SMILES string of the molecule is CC(=O)CC(=O)N1C(C(C)(C)C)OC[C@H]1C. The van der Waals surface area contributed by atoms with Crippen molar-refractivity contribution in [2.24, 2.45) is 5.41 Å². The van der Waals surface area contributed by atoms with E-state index >= 15 is 0 Å². The average Bonchev–Trinajstić information content (AvgIpc) is 2.44. The summed E-state index contributed by atoms with van der Waals surface area (Å²) < 4.78 is 5.64. The van der Waals surface area contributed by atoms with Crippen molar-refractivity contribution < 1.29 is 14.3 Å². The van der Waals surface area contributed by atoms with Gasteiger partial charge in [-0.05, 0) is 13.8 Å². The lowest BCUT2D eigenvalue weighted by Gasteiger charge is -2.35. The number of rotatable bonds is 2. The van der Waals surface area contributed by atoms with Crippen molar-refractivity contribution in [1.82, 2.24) is 4.90 Å². The summed E-state index contributed by atoms with van der Waals surface area (Å²) in [7, 11) is 0. The number of amides is 1. The Morgan fingerprint density at radius 2 is 1.94 bits per heavy atom. The van der Waals surface area contributed by atoms with Crippen LogP contribution in [0.5, 0.6) is 0 Å². The second-order valence-electron chi connectivity index (χ2n) is 5.58. The summed E-state index contributed by atoms with van der Waals surface area (Å²) in [6, 6.07) is 0.0519. The predicted molar refractivity (Wildman–Crippen MR) is 60.8 cm³/mol. The Balaban J connectivity index is 2.82. The number of ketones is 1. The number of hydrogen-bond donors (Lipinski definition) is 0. The molecule has 2 atom stereocenters. The van der Waals surface area contributed by atoms with Gasteiger partial charge in [0.2, 0.25) is 5.91 Å². The summed E-state index contributed by atoms with van der Waals surface area (Å²) in [5, 5.41) is 0. The maximum absolute atomic E-state index is 11.9. The van der Waals surface area contributed by atoms with Gasteiger partial charge in [0, 0.05) is 5.41 Å². The molecule has 1 heterocycles. The van der Waals surface area contributed by atoms with E-state index in [1.54, 1.807) is 4.90 Å². The van der Waals surface area contributed by atoms with Crippen LogP contribution in [0.1, 0.15) is 41.0 Å². The maximum atomic E-state index is 11.9. The van der Waals surface area contributed by atoms with Gasteiger partial charge in [-0.25, -0.2) is 0 Å². The Morgan fingerprint density at radius 3 is 2.38 bits per heavy atom. The van der Waals surface area contributed by atoms with E-state index in [4.69, 9.17) is 4.74 Å². The van der Waals surface area contributed by atoms with Crippen molar-refractivity contribution in [3.8, 4) is 0 Å². The number of carbonyl (C=O) groups excluding carboxylic acids is 2. The molecule has 0 saturated carbocycles. The van der Waals surface area contributed by atoms with Crippen molar-refractivity contribution in [1.29, 1.82) is 0 Å². The highest BCUT2D eigenvalue weighted by Crippen LogP contribution is 2.31. The molecule has 4 nitrogen and oxygen atoms in total. The van der Waals surface area contributed by atoms with Crippen LogP contribution in [-0.4, -0.2) is 35.5 Å². The van der Waals surface area contributed by atoms with Crippen LogP contribution in [0.25, 0.3) is 0 Å². The van der Waals surface area contributed by atoms with Crippen molar-refractivity contribution in [2.75, 3.05) is 6.61 Å². The van der Waals surface area contributed by atoms with Gasteiger partial charge in [0.25, 0.3) is 0 Å². The van der Waals surface area contributed by atoms with Gasteiger partial charge in [-0.15, -0.1) is 0 Å². The van der Waals surface area contributed by atoms with Crippen LogP contribution in [0.2, 0.25) is 0 Å². The largest absolute Gasteiger partial charge is 0.356 e. The molecule has 1 unspecified atom stereocenters. The van der Waals surface area contributed by atoms with Crippen LogP contribution >= 0.6 is 0 Å². The van der Waals surface area contributed by atoms with E-state index in [9.17, 15) is 9.59 Å². The molecule has 1 fully saturated rings. The third-order valence-corrected chi connectivity index (χ3v) is 2.65. The first-order valence-electron chi connectivity index (χ1n) is 5.65. The third kappa shape index (κ3) is 2.82. The fraction of sp³-hybridized carbons (Fsp3) is 0.833. The third-order valence-electron chi connectivity index (χ3n) is 2.65. The molecule has 0 spiro atoms. The molecule has 1 amide bonds. The van der Waals surface area contributed by atoms with Crippen molar-refractivity contribution >= 4 is 11.7 Å². The highest BCUT2D eigenvalue weighted by Gasteiger charge is 2.41. The zero-order chi connectivity index (χ0) is 12.5. The molecule has 1 rings (SSSR count). The van der Waals surface area contributed by atoms with E-state index in [1.165, 1.54) is 6.92 Å². The Kier molecular flexibility index (Phi) is 3.73. The lowest BCUT2D eigenvalue weighted by Crippen LogP contribution is -2.47. The van der Waals surface area contributed by atoms with Crippen LogP contribution in [0.15, 0.2) is 0 Å². The number of Topliss-reactive ketones (excluding diaryl/α,β-unsaturated/α-hetero) is 1. The topological polar surface area (TPSA) is 46.6 Å². The van der Waals surface area contributed by atoms with Crippen molar-refractivity contribution in [2.45, 2.75) is 53.3 Å². The average molecular weight is 227 g/mol. The molecule has 1 aliphatic heterocycles. The molecule has 0 radical (unpaired) electrons. The lowest BCUT2D eigenvalue weighted by molar-refractivity contribution is -0.145. The molecule has 1 aliphatic rings. The minimum Gasteiger partial charge on any atom is -0.356 e. The first-order valence-corrected chi connectivity index (χ1v) is 5.65. The van der Waals surface area contributed by atoms with Gasteiger partial charge in [-0.1, -0.05) is 20.8 Å². The van der Waals surface area contributed by atoms with Gasteiger partial charge in [-0.3, -0.25) is 9.59 Å². The Morgan fingerprint density at radius 1 is 1.38 bits per heavy atom. The second-order valence-corrected chi connectivity index (χ2v) is 5.58. The van der Waals surface area contributed by atoms with Crippen molar-refractivity contribution in [3.63, 3.8) is 0 Å². The molecule has 0 aromatic heterocycles. The monoisotopic (exact) mass is 227 g/mol. The second kappa shape index (κ2) is 4.53. The number of hydrogen-bond acceptors (Lipinski definition) is 3. The van der Waals surface area contributed by atoms with Gasteiger partial charge in [0.05, 0.1) is 19.1 Å². The normalized spacial score (nSPS) is 25.9. The summed E-state index contributed by atoms with van der Waals surface area (Å²) in [6.45, 7) is 10.0. The summed E-state index contributed by atoms with van der Waals surface area (Å²) in [6.07, 6.45) is -0.255. The molecule has 0 aromatic rings. The number of carbonyl (C=O) groups is 2. The first-order chi connectivity index (χ1) is 7.23. The van der Waals surface area contributed by atoms with Crippen molar-refractivity contribution in [3.05, 3.63) is 0 Å². The van der Waals surface area contributed by atoms with Gasteiger partial charge in [-0.2, -0.15) is 0 Å². The zero-order valence-electron chi connectivity index (χ0n) is 10.7. The van der Waals surface area contributed by atoms with Crippen LogP contribution < -0.4 is 0 Å². The summed E-state index contributed by atoms with van der Waals surface area (Å²) in [5.41, 5.74) is -0.128. The van der Waals surface area contributed by atoms with Crippen LogP contribution in [-0.2, 0) is 14.3 Å². The van der Waals surface area contributed by atoms with Gasteiger partial charge >= 0.3 is 0 Å². The van der Waals surface area contributed by atoms with Crippen LogP contribution in [0.4, 0.5) is 0 Å². The summed E-state index contributed by atoms with van der Waals surface area (Å²) in [5.74, 6) is -0.228. The van der Waals surface area contributed by atoms with E-state index in [2.05, 4.69) is 0 Å². The Hall–Kier alpha value is -0.900. The van der Waals surface area contributed by atoms with E-state index < -0.39 is 0 Å². The molecule has 1 saturated heterocycles. The Bertz CT molecular complexity index is 293. The quantitative estimate of drug-likeness (QED) is 0.673. The van der Waals surface area contributed by atoms with E-state index in [0.717, 1.165) is 0 Å². The highest BCUT2D eigenvalue weighted by molar-refractivity contribution is 5.97.